The average Bonchev–Trinajstić information content (AvgIpc) is 3.06. The summed E-state index contributed by atoms with van der Waals surface area (Å²) < 4.78 is 34.0. The number of ketones is 1. The molecule has 0 heterocycles. The first-order valence-corrected chi connectivity index (χ1v) is 8.97. The Kier molecular flexibility index (Phi) is 5.08. The maximum Gasteiger partial charge on any atom is 0.387 e. The van der Waals surface area contributed by atoms with Gasteiger partial charge in [-0.3, -0.25) is 9.59 Å². The maximum absolute atomic E-state index is 12.8. The monoisotopic (exact) mass is 394 g/mol. The quantitative estimate of drug-likeness (QED) is 0.444. The molecular weight excluding hydrogens is 378 g/mol. The van der Waals surface area contributed by atoms with E-state index in [0.717, 1.165) is 22.3 Å². The highest BCUT2D eigenvalue weighted by Crippen LogP contribution is 2.44. The summed E-state index contributed by atoms with van der Waals surface area (Å²) in [6.45, 7) is -3.37. The first-order valence-electron chi connectivity index (χ1n) is 8.97. The summed E-state index contributed by atoms with van der Waals surface area (Å²) in [4.78, 5) is 25.1. The Labute approximate surface area is 165 Å². The Hall–Kier alpha value is -3.54. The number of ether oxygens (including phenoxy) is 2. The first-order chi connectivity index (χ1) is 14.0. The van der Waals surface area contributed by atoms with Crippen molar-refractivity contribution in [1.82, 2.24) is 0 Å². The molecule has 1 aliphatic rings. The Bertz CT molecular complexity index is 1010. The molecule has 6 heteroatoms. The summed E-state index contributed by atoms with van der Waals surface area (Å²) in [5, 5.41) is 0. The number of hydrogen-bond donors (Lipinski definition) is 0. The number of hydrogen-bond acceptors (Lipinski definition) is 4. The van der Waals surface area contributed by atoms with E-state index in [9.17, 15) is 18.4 Å². The molecule has 0 atom stereocenters. The lowest BCUT2D eigenvalue weighted by Crippen LogP contribution is -2.19. The molecule has 0 aromatic heterocycles. The minimum Gasteiger partial charge on any atom is -0.457 e. The van der Waals surface area contributed by atoms with Gasteiger partial charge in [-0.15, -0.1) is 0 Å². The van der Waals surface area contributed by atoms with Crippen molar-refractivity contribution in [2.24, 2.45) is 0 Å². The van der Waals surface area contributed by atoms with Gasteiger partial charge in [0.15, 0.2) is 12.4 Å². The van der Waals surface area contributed by atoms with Crippen LogP contribution in [-0.2, 0) is 9.53 Å². The lowest BCUT2D eigenvalue weighted by atomic mass is 9.97. The molecule has 4 rings (SSSR count). The van der Waals surface area contributed by atoms with E-state index in [2.05, 4.69) is 4.74 Å². The molecule has 0 unspecified atom stereocenters. The zero-order valence-electron chi connectivity index (χ0n) is 15.2. The number of alkyl halides is 2. The summed E-state index contributed by atoms with van der Waals surface area (Å²) in [5.74, 6) is -1.57. The van der Waals surface area contributed by atoms with E-state index in [0.29, 0.717) is 0 Å². The van der Waals surface area contributed by atoms with Crippen LogP contribution in [-0.4, -0.2) is 25.0 Å². The van der Waals surface area contributed by atoms with E-state index in [-0.39, 0.29) is 11.3 Å². The fourth-order valence-electron chi connectivity index (χ4n) is 3.54. The number of esters is 1. The Morgan fingerprint density at radius 2 is 1.38 bits per heavy atom. The second-order valence-corrected chi connectivity index (χ2v) is 6.54. The highest BCUT2D eigenvalue weighted by molar-refractivity contribution is 5.99. The van der Waals surface area contributed by atoms with E-state index in [1.807, 2.05) is 48.5 Å². The zero-order valence-corrected chi connectivity index (χ0v) is 15.2. The van der Waals surface area contributed by atoms with Crippen LogP contribution in [0.3, 0.4) is 0 Å². The summed E-state index contributed by atoms with van der Waals surface area (Å²) in [7, 11) is 0. The molecule has 0 saturated heterocycles. The number of fused-ring (bicyclic) bond motifs is 3. The van der Waals surface area contributed by atoms with Crippen molar-refractivity contribution in [2.75, 3.05) is 6.61 Å². The minimum absolute atomic E-state index is 0.0484. The van der Waals surface area contributed by atoms with Gasteiger partial charge < -0.3 is 9.47 Å². The van der Waals surface area contributed by atoms with Crippen molar-refractivity contribution in [2.45, 2.75) is 12.5 Å². The van der Waals surface area contributed by atoms with Crippen LogP contribution in [0.2, 0.25) is 0 Å². The van der Waals surface area contributed by atoms with Crippen molar-refractivity contribution in [3.8, 4) is 16.9 Å². The molecule has 4 nitrogen and oxygen atoms in total. The van der Waals surface area contributed by atoms with Crippen LogP contribution in [0.5, 0.6) is 5.75 Å². The number of Topliss-reactive ketones (excluding diaryl/α,β-unsaturated/α-hetero) is 1. The van der Waals surface area contributed by atoms with Gasteiger partial charge in [0.05, 0.1) is 0 Å². The predicted molar refractivity (Wildman–Crippen MR) is 102 cm³/mol. The number of carbonyl (C=O) groups excluding carboxylic acids is 2. The second kappa shape index (κ2) is 7.83. The highest BCUT2D eigenvalue weighted by Gasteiger charge is 2.34. The topological polar surface area (TPSA) is 52.6 Å². The summed E-state index contributed by atoms with van der Waals surface area (Å²) >= 11 is 0. The molecule has 0 amide bonds. The van der Waals surface area contributed by atoms with Gasteiger partial charge >= 0.3 is 12.6 Å². The fraction of sp³-hybridized carbons (Fsp3) is 0.130. The molecule has 146 valence electrons. The second-order valence-electron chi connectivity index (χ2n) is 6.54. The van der Waals surface area contributed by atoms with Gasteiger partial charge in [0, 0.05) is 5.56 Å². The van der Waals surface area contributed by atoms with Crippen molar-refractivity contribution >= 4 is 11.8 Å². The number of benzene rings is 3. The minimum atomic E-state index is -2.94. The largest absolute Gasteiger partial charge is 0.457 e. The van der Waals surface area contributed by atoms with Gasteiger partial charge in [0.1, 0.15) is 11.7 Å². The van der Waals surface area contributed by atoms with Crippen molar-refractivity contribution < 1.29 is 27.8 Å². The molecule has 0 fully saturated rings. The number of halogens is 2. The van der Waals surface area contributed by atoms with E-state index < -0.39 is 30.9 Å². The standard InChI is InChI=1S/C23H16F2O4/c24-23(25)29-15-11-9-14(10-12-15)20(26)13-28-22(27)21-18-7-3-1-5-16(18)17-6-2-4-8-19(17)21/h1-12,21,23H,13H2. The van der Waals surface area contributed by atoms with Crippen LogP contribution >= 0.6 is 0 Å². The third-order valence-electron chi connectivity index (χ3n) is 4.82. The van der Waals surface area contributed by atoms with Gasteiger partial charge in [-0.25, -0.2) is 0 Å². The molecular formula is C23H16F2O4. The molecule has 0 spiro atoms. The Morgan fingerprint density at radius 1 is 0.828 bits per heavy atom. The van der Waals surface area contributed by atoms with Crippen LogP contribution in [0.1, 0.15) is 27.4 Å². The zero-order chi connectivity index (χ0) is 20.4. The molecule has 1 aliphatic carbocycles. The summed E-state index contributed by atoms with van der Waals surface area (Å²) in [5.41, 5.74) is 3.89. The normalized spacial score (nSPS) is 12.4. The van der Waals surface area contributed by atoms with E-state index >= 15 is 0 Å². The van der Waals surface area contributed by atoms with Crippen LogP contribution in [0, 0.1) is 0 Å². The SMILES string of the molecule is O=C(COC(=O)C1c2ccccc2-c2ccccc21)c1ccc(OC(F)F)cc1. The van der Waals surface area contributed by atoms with E-state index in [1.54, 1.807) is 0 Å². The van der Waals surface area contributed by atoms with E-state index in [4.69, 9.17) is 4.74 Å². The fourth-order valence-corrected chi connectivity index (χ4v) is 3.54. The van der Waals surface area contributed by atoms with Crippen LogP contribution in [0.4, 0.5) is 8.78 Å². The highest BCUT2D eigenvalue weighted by atomic mass is 19.3. The molecule has 0 N–H and O–H groups in total. The molecule has 0 bridgehead atoms. The number of rotatable bonds is 6. The van der Waals surface area contributed by atoms with Crippen molar-refractivity contribution in [3.05, 3.63) is 89.5 Å². The smallest absolute Gasteiger partial charge is 0.387 e. The van der Waals surface area contributed by atoms with Crippen LogP contribution in [0.25, 0.3) is 11.1 Å². The Balaban J connectivity index is 1.47. The molecule has 0 radical (unpaired) electrons. The average molecular weight is 394 g/mol. The maximum atomic E-state index is 12.8. The van der Waals surface area contributed by atoms with Gasteiger partial charge in [-0.2, -0.15) is 8.78 Å². The molecule has 3 aromatic rings. The van der Waals surface area contributed by atoms with Crippen LogP contribution in [0.15, 0.2) is 72.8 Å². The lowest BCUT2D eigenvalue weighted by Gasteiger charge is -2.13. The predicted octanol–water partition coefficient (Wildman–Crippen LogP) is 4.83. The van der Waals surface area contributed by atoms with Gasteiger partial charge in [-0.05, 0) is 46.5 Å². The number of carbonyl (C=O) groups is 2. The van der Waals surface area contributed by atoms with E-state index in [1.165, 1.54) is 24.3 Å². The first kappa shape index (κ1) is 18.8. The third kappa shape index (κ3) is 3.74. The summed E-state index contributed by atoms with van der Waals surface area (Å²) in [6.07, 6.45) is 0. The van der Waals surface area contributed by atoms with Crippen molar-refractivity contribution in [1.29, 1.82) is 0 Å². The van der Waals surface area contributed by atoms with Gasteiger partial charge in [0.25, 0.3) is 0 Å². The molecule has 0 aliphatic heterocycles. The lowest BCUT2D eigenvalue weighted by molar-refractivity contribution is -0.143. The summed E-state index contributed by atoms with van der Waals surface area (Å²) in [6, 6.07) is 20.5. The molecule has 0 saturated carbocycles. The third-order valence-corrected chi connectivity index (χ3v) is 4.82. The molecule has 29 heavy (non-hydrogen) atoms. The van der Waals surface area contributed by atoms with Crippen LogP contribution < -0.4 is 4.74 Å². The van der Waals surface area contributed by atoms with Gasteiger partial charge in [0.2, 0.25) is 0 Å². The van der Waals surface area contributed by atoms with Crippen molar-refractivity contribution in [3.63, 3.8) is 0 Å². The van der Waals surface area contributed by atoms with Gasteiger partial charge in [-0.1, -0.05) is 48.5 Å². The molecule has 3 aromatic carbocycles. The Morgan fingerprint density at radius 3 is 1.93 bits per heavy atom.